The Morgan fingerprint density at radius 1 is 0.933 bits per heavy atom. The van der Waals surface area contributed by atoms with Crippen LogP contribution in [0.2, 0.25) is 0 Å². The van der Waals surface area contributed by atoms with Gasteiger partial charge in [0.15, 0.2) is 17.3 Å². The Morgan fingerprint density at radius 3 is 2.47 bits per heavy atom. The third kappa shape index (κ3) is 3.17. The van der Waals surface area contributed by atoms with Crippen molar-refractivity contribution in [2.45, 2.75) is 0 Å². The SMILES string of the molecule is NC(=O)c1cccc(Nc2nn3c(-c4ccc(Br)cc4)nnc3c3ccccc23)c1. The number of nitrogens with zero attached hydrogens (tertiary/aromatic N) is 4. The fourth-order valence-corrected chi connectivity index (χ4v) is 3.60. The number of nitrogens with one attached hydrogen (secondary N) is 1. The number of carbonyl (C=O) groups is 1. The lowest BCUT2D eigenvalue weighted by Gasteiger charge is -2.11. The van der Waals surface area contributed by atoms with Crippen LogP contribution in [0.5, 0.6) is 0 Å². The van der Waals surface area contributed by atoms with E-state index in [1.165, 1.54) is 0 Å². The second-order valence-electron chi connectivity index (χ2n) is 6.73. The van der Waals surface area contributed by atoms with Gasteiger partial charge in [0, 0.05) is 32.1 Å². The van der Waals surface area contributed by atoms with Crippen LogP contribution in [-0.4, -0.2) is 25.7 Å². The molecule has 2 heterocycles. The van der Waals surface area contributed by atoms with E-state index in [2.05, 4.69) is 31.4 Å². The molecule has 3 N–H and O–H groups in total. The normalized spacial score (nSPS) is 11.1. The van der Waals surface area contributed by atoms with Crippen molar-refractivity contribution in [3.8, 4) is 11.4 Å². The molecular formula is C22H15BrN6O. The predicted molar refractivity (Wildman–Crippen MR) is 120 cm³/mol. The number of primary amides is 1. The summed E-state index contributed by atoms with van der Waals surface area (Å²) in [6.45, 7) is 0. The van der Waals surface area contributed by atoms with Gasteiger partial charge in [-0.25, -0.2) is 0 Å². The molecule has 0 bridgehead atoms. The summed E-state index contributed by atoms with van der Waals surface area (Å²) in [5.74, 6) is 0.776. The fraction of sp³-hybridized carbons (Fsp3) is 0. The zero-order valence-corrected chi connectivity index (χ0v) is 17.2. The number of nitrogens with two attached hydrogens (primary N) is 1. The standard InChI is InChI=1S/C22H15BrN6O/c23-15-10-8-13(9-11-15)21-26-27-22-18-7-2-1-6-17(18)20(28-29(21)22)25-16-5-3-4-14(12-16)19(24)30/h1-12H,(H2,24,30)(H,25,28). The number of aromatic nitrogens is 4. The van der Waals surface area contributed by atoms with E-state index in [0.29, 0.717) is 28.5 Å². The van der Waals surface area contributed by atoms with Crippen LogP contribution in [0.15, 0.2) is 77.3 Å². The first kappa shape index (κ1) is 18.3. The highest BCUT2D eigenvalue weighted by Gasteiger charge is 2.15. The molecule has 0 aliphatic carbocycles. The molecule has 30 heavy (non-hydrogen) atoms. The van der Waals surface area contributed by atoms with Crippen LogP contribution in [0.3, 0.4) is 0 Å². The Bertz CT molecular complexity index is 1410. The zero-order valence-electron chi connectivity index (χ0n) is 15.6. The third-order valence-electron chi connectivity index (χ3n) is 4.78. The number of anilines is 2. The van der Waals surface area contributed by atoms with Crippen molar-refractivity contribution in [2.24, 2.45) is 5.73 Å². The van der Waals surface area contributed by atoms with Crippen molar-refractivity contribution in [3.05, 3.63) is 82.8 Å². The van der Waals surface area contributed by atoms with E-state index in [9.17, 15) is 4.79 Å². The van der Waals surface area contributed by atoms with Gasteiger partial charge in [-0.05, 0) is 30.3 Å². The van der Waals surface area contributed by atoms with Crippen LogP contribution >= 0.6 is 15.9 Å². The number of hydrogen-bond acceptors (Lipinski definition) is 5. The quantitative estimate of drug-likeness (QED) is 0.411. The molecule has 0 radical (unpaired) electrons. The van der Waals surface area contributed by atoms with Crippen LogP contribution in [0.1, 0.15) is 10.4 Å². The molecule has 8 heteroatoms. The highest BCUT2D eigenvalue weighted by Crippen LogP contribution is 2.29. The summed E-state index contributed by atoms with van der Waals surface area (Å²) in [5.41, 5.74) is 8.11. The molecule has 1 amide bonds. The van der Waals surface area contributed by atoms with E-state index in [1.54, 1.807) is 22.7 Å². The fourth-order valence-electron chi connectivity index (χ4n) is 3.34. The van der Waals surface area contributed by atoms with Gasteiger partial charge in [0.1, 0.15) is 0 Å². The number of hydrogen-bond donors (Lipinski definition) is 2. The first-order chi connectivity index (χ1) is 14.6. The lowest BCUT2D eigenvalue weighted by atomic mass is 10.1. The van der Waals surface area contributed by atoms with E-state index in [4.69, 9.17) is 10.8 Å². The number of benzene rings is 3. The lowest BCUT2D eigenvalue weighted by molar-refractivity contribution is 0.100. The second-order valence-corrected chi connectivity index (χ2v) is 7.65. The van der Waals surface area contributed by atoms with E-state index in [-0.39, 0.29) is 0 Å². The van der Waals surface area contributed by atoms with Gasteiger partial charge in [-0.2, -0.15) is 4.52 Å². The summed E-state index contributed by atoms with van der Waals surface area (Å²) in [7, 11) is 0. The summed E-state index contributed by atoms with van der Waals surface area (Å²) in [6.07, 6.45) is 0. The van der Waals surface area contributed by atoms with Gasteiger partial charge in [0.2, 0.25) is 5.91 Å². The molecule has 0 spiro atoms. The highest BCUT2D eigenvalue weighted by molar-refractivity contribution is 9.10. The second kappa shape index (κ2) is 7.23. The molecule has 0 saturated carbocycles. The number of fused-ring (bicyclic) bond motifs is 3. The monoisotopic (exact) mass is 458 g/mol. The van der Waals surface area contributed by atoms with Crippen LogP contribution in [-0.2, 0) is 0 Å². The smallest absolute Gasteiger partial charge is 0.248 e. The molecule has 0 unspecified atom stereocenters. The van der Waals surface area contributed by atoms with Crippen LogP contribution < -0.4 is 11.1 Å². The summed E-state index contributed by atoms with van der Waals surface area (Å²) < 4.78 is 2.71. The molecule has 2 aromatic heterocycles. The van der Waals surface area contributed by atoms with Gasteiger partial charge >= 0.3 is 0 Å². The Hall–Kier alpha value is -3.78. The number of amides is 1. The first-order valence-corrected chi connectivity index (χ1v) is 9.96. The Balaban J connectivity index is 1.70. The summed E-state index contributed by atoms with van der Waals surface area (Å²) in [6, 6.07) is 22.7. The Morgan fingerprint density at radius 2 is 1.70 bits per heavy atom. The summed E-state index contributed by atoms with van der Waals surface area (Å²) >= 11 is 3.45. The van der Waals surface area contributed by atoms with E-state index >= 15 is 0 Å². The number of rotatable bonds is 4. The van der Waals surface area contributed by atoms with Gasteiger partial charge < -0.3 is 11.1 Å². The van der Waals surface area contributed by atoms with Gasteiger partial charge in [0.25, 0.3) is 0 Å². The molecule has 0 aliphatic rings. The molecule has 0 fully saturated rings. The molecule has 0 aliphatic heterocycles. The average Bonchev–Trinajstić information content (AvgIpc) is 3.19. The predicted octanol–water partition coefficient (Wildman–Crippen LogP) is 4.55. The van der Waals surface area contributed by atoms with Crippen LogP contribution in [0.25, 0.3) is 27.8 Å². The van der Waals surface area contributed by atoms with Crippen molar-refractivity contribution < 1.29 is 4.79 Å². The molecule has 3 aromatic carbocycles. The number of carbonyl (C=O) groups excluding carboxylic acids is 1. The van der Waals surface area contributed by atoms with Crippen LogP contribution in [0, 0.1) is 0 Å². The summed E-state index contributed by atoms with van der Waals surface area (Å²) in [5, 5.41) is 18.7. The molecule has 5 rings (SSSR count). The van der Waals surface area contributed by atoms with Crippen LogP contribution in [0.4, 0.5) is 11.5 Å². The highest BCUT2D eigenvalue weighted by atomic mass is 79.9. The molecule has 0 saturated heterocycles. The average molecular weight is 459 g/mol. The van der Waals surface area contributed by atoms with Crippen molar-refractivity contribution >= 4 is 49.8 Å². The minimum atomic E-state index is -0.483. The molecule has 7 nitrogen and oxygen atoms in total. The Kier molecular flexibility index (Phi) is 4.40. The molecule has 146 valence electrons. The molecule has 5 aromatic rings. The van der Waals surface area contributed by atoms with Crippen molar-refractivity contribution in [1.29, 1.82) is 0 Å². The van der Waals surface area contributed by atoms with Gasteiger partial charge in [0.05, 0.1) is 0 Å². The minimum absolute atomic E-state index is 0.422. The van der Waals surface area contributed by atoms with E-state index < -0.39 is 5.91 Å². The maximum Gasteiger partial charge on any atom is 0.248 e. The van der Waals surface area contributed by atoms with E-state index in [0.717, 1.165) is 20.8 Å². The molecule has 0 atom stereocenters. The maximum atomic E-state index is 11.5. The topological polar surface area (TPSA) is 98.2 Å². The van der Waals surface area contributed by atoms with Gasteiger partial charge in [-0.3, -0.25) is 4.79 Å². The lowest BCUT2D eigenvalue weighted by Crippen LogP contribution is -2.11. The largest absolute Gasteiger partial charge is 0.366 e. The third-order valence-corrected chi connectivity index (χ3v) is 5.30. The Labute approximate surface area is 179 Å². The van der Waals surface area contributed by atoms with Crippen molar-refractivity contribution in [1.82, 2.24) is 19.8 Å². The van der Waals surface area contributed by atoms with Crippen molar-refractivity contribution in [2.75, 3.05) is 5.32 Å². The zero-order chi connectivity index (χ0) is 20.7. The van der Waals surface area contributed by atoms with E-state index in [1.807, 2.05) is 54.6 Å². The molecular weight excluding hydrogens is 444 g/mol. The van der Waals surface area contributed by atoms with Gasteiger partial charge in [-0.15, -0.1) is 15.3 Å². The van der Waals surface area contributed by atoms with Gasteiger partial charge in [-0.1, -0.05) is 58.4 Å². The van der Waals surface area contributed by atoms with Crippen molar-refractivity contribution in [3.63, 3.8) is 0 Å². The first-order valence-electron chi connectivity index (χ1n) is 9.17. The number of halogens is 1. The maximum absolute atomic E-state index is 11.5. The minimum Gasteiger partial charge on any atom is -0.366 e. The summed E-state index contributed by atoms with van der Waals surface area (Å²) in [4.78, 5) is 11.5.